The van der Waals surface area contributed by atoms with Crippen LogP contribution in [0.5, 0.6) is 0 Å². The number of hydrogen-bond donors (Lipinski definition) is 2. The molecule has 1 aliphatic carbocycles. The Kier molecular flexibility index (Phi) is 12.8. The number of non-ortho nitro benzene ring substituents is 1. The minimum Gasteiger partial charge on any atom is -0.382 e. The monoisotopic (exact) mass is 552 g/mol. The van der Waals surface area contributed by atoms with Crippen LogP contribution < -0.4 is 11.1 Å². The van der Waals surface area contributed by atoms with Crippen molar-refractivity contribution in [1.29, 1.82) is 0 Å². The summed E-state index contributed by atoms with van der Waals surface area (Å²) in [5.74, 6) is 0.785. The largest absolute Gasteiger partial charge is 0.382 e. The van der Waals surface area contributed by atoms with Crippen molar-refractivity contribution in [3.63, 3.8) is 0 Å². The second-order valence-electron chi connectivity index (χ2n) is 8.88. The van der Waals surface area contributed by atoms with Crippen LogP contribution in [0.2, 0.25) is 0 Å². The van der Waals surface area contributed by atoms with E-state index in [0.717, 1.165) is 47.8 Å². The van der Waals surface area contributed by atoms with Crippen LogP contribution >= 0.6 is 20.2 Å². The first-order chi connectivity index (χ1) is 18.2. The lowest BCUT2D eigenvalue weighted by Gasteiger charge is -2.12. The average Bonchev–Trinajstić information content (AvgIpc) is 3.09. The zero-order valence-corrected chi connectivity index (χ0v) is 24.3. The van der Waals surface area contributed by atoms with Crippen molar-refractivity contribution in [2.75, 3.05) is 11.1 Å². The van der Waals surface area contributed by atoms with E-state index in [4.69, 9.17) is 5.73 Å². The Labute approximate surface area is 231 Å². The Morgan fingerprint density at radius 1 is 1.29 bits per heavy atom. The number of carbonyl (C=O) groups is 1. The number of anilines is 3. The summed E-state index contributed by atoms with van der Waals surface area (Å²) >= 11 is 1.44. The first kappa shape index (κ1) is 30.9. The Hall–Kier alpha value is -3.35. The molecule has 0 bridgehead atoms. The van der Waals surface area contributed by atoms with Crippen molar-refractivity contribution in [2.24, 2.45) is 5.92 Å². The van der Waals surface area contributed by atoms with Gasteiger partial charge in [0.15, 0.2) is 5.13 Å². The van der Waals surface area contributed by atoms with Gasteiger partial charge >= 0.3 is 0 Å². The quantitative estimate of drug-likeness (QED) is 0.126. The van der Waals surface area contributed by atoms with Gasteiger partial charge in [0, 0.05) is 29.0 Å². The molecule has 9 heteroatoms. The van der Waals surface area contributed by atoms with Gasteiger partial charge in [0.1, 0.15) is 11.6 Å². The Morgan fingerprint density at radius 2 is 2.00 bits per heavy atom. The summed E-state index contributed by atoms with van der Waals surface area (Å²) in [5, 5.41) is 15.5. The number of nitrogens with two attached hydrogens (primary N) is 1. The summed E-state index contributed by atoms with van der Waals surface area (Å²) in [7, 11) is 3.80. The van der Waals surface area contributed by atoms with Crippen LogP contribution in [0, 0.1) is 16.0 Å². The molecule has 0 spiro atoms. The fraction of sp³-hybridized carbons (Fsp3) is 0.345. The highest BCUT2D eigenvalue weighted by Gasteiger charge is 2.18. The predicted octanol–water partition coefficient (Wildman–Crippen LogP) is 8.22. The smallest absolute Gasteiger partial charge is 0.269 e. The number of hydrogen-bond acceptors (Lipinski definition) is 7. The zero-order valence-electron chi connectivity index (χ0n) is 22.5. The Morgan fingerprint density at radius 3 is 2.61 bits per heavy atom. The summed E-state index contributed by atoms with van der Waals surface area (Å²) in [4.78, 5) is 26.3. The molecule has 3 N–H and O–H groups in total. The Bertz CT molecular complexity index is 1240. The SMILES string of the molecule is CCC/C=C\C(C)C(C)=O.CCCC1=CC=CCC=C1C(=P)c1sc(Nc2ccc([N+](=O)[O-])cc2)nc1N. The van der Waals surface area contributed by atoms with E-state index < -0.39 is 4.92 Å². The normalized spacial score (nSPS) is 13.6. The number of thiazole rings is 1. The van der Waals surface area contributed by atoms with Gasteiger partial charge in [-0.2, -0.15) is 0 Å². The summed E-state index contributed by atoms with van der Waals surface area (Å²) in [6.45, 7) is 7.84. The molecule has 1 unspecified atom stereocenters. The first-order valence-corrected chi connectivity index (χ1v) is 14.1. The highest BCUT2D eigenvalue weighted by atomic mass is 32.1. The second-order valence-corrected chi connectivity index (χ2v) is 10.4. The van der Waals surface area contributed by atoms with Gasteiger partial charge in [-0.1, -0.05) is 81.4 Å². The molecule has 2 aromatic rings. The van der Waals surface area contributed by atoms with Gasteiger partial charge < -0.3 is 11.1 Å². The van der Waals surface area contributed by atoms with E-state index in [2.05, 4.69) is 63.4 Å². The average molecular weight is 553 g/mol. The number of nitro groups is 1. The molecule has 0 aliphatic heterocycles. The molecule has 1 heterocycles. The number of nitrogens with zero attached hydrogens (tertiary/aromatic N) is 2. The third-order valence-electron chi connectivity index (χ3n) is 5.76. The van der Waals surface area contributed by atoms with Crippen LogP contribution in [0.1, 0.15) is 64.7 Å². The minimum atomic E-state index is -0.425. The first-order valence-electron chi connectivity index (χ1n) is 12.8. The number of allylic oxidation sites excluding steroid dienone is 8. The van der Waals surface area contributed by atoms with E-state index in [0.29, 0.717) is 16.6 Å². The van der Waals surface area contributed by atoms with Gasteiger partial charge in [0.25, 0.3) is 5.69 Å². The molecule has 1 aromatic heterocycles. The maximum atomic E-state index is 10.8. The van der Waals surface area contributed by atoms with Crippen LogP contribution in [0.3, 0.4) is 0 Å². The highest BCUT2D eigenvalue weighted by Crippen LogP contribution is 2.34. The van der Waals surface area contributed by atoms with E-state index in [1.807, 2.05) is 13.0 Å². The van der Waals surface area contributed by atoms with Crippen molar-refractivity contribution in [1.82, 2.24) is 4.98 Å². The molecular weight excluding hydrogens is 515 g/mol. The van der Waals surface area contributed by atoms with Crippen LogP contribution in [-0.4, -0.2) is 21.0 Å². The van der Waals surface area contributed by atoms with Gasteiger partial charge in [-0.3, -0.25) is 14.9 Å². The van der Waals surface area contributed by atoms with Crippen LogP contribution in [-0.2, 0) is 4.79 Å². The van der Waals surface area contributed by atoms with Crippen LogP contribution in [0.15, 0.2) is 71.9 Å². The fourth-order valence-corrected chi connectivity index (χ4v) is 4.91. The molecular formula is C29H37N4O3PS. The summed E-state index contributed by atoms with van der Waals surface area (Å²) in [6.07, 6.45) is 17.7. The third-order valence-corrected chi connectivity index (χ3v) is 7.46. The van der Waals surface area contributed by atoms with E-state index in [1.165, 1.54) is 29.0 Å². The lowest BCUT2D eigenvalue weighted by Crippen LogP contribution is -2.05. The minimum absolute atomic E-state index is 0.0461. The lowest BCUT2D eigenvalue weighted by molar-refractivity contribution is -0.384. The molecule has 1 aromatic carbocycles. The second kappa shape index (κ2) is 15.8. The number of nitrogen functional groups attached to an aromatic ring is 1. The van der Waals surface area contributed by atoms with Crippen molar-refractivity contribution in [3.05, 3.63) is 86.9 Å². The van der Waals surface area contributed by atoms with Gasteiger partial charge in [0.2, 0.25) is 0 Å². The van der Waals surface area contributed by atoms with Gasteiger partial charge in [0.05, 0.1) is 9.80 Å². The van der Waals surface area contributed by atoms with Crippen molar-refractivity contribution < 1.29 is 9.72 Å². The third kappa shape index (κ3) is 9.51. The number of rotatable bonds is 11. The summed E-state index contributed by atoms with van der Waals surface area (Å²) in [6, 6.07) is 6.20. The number of nitrogens with one attached hydrogen (secondary N) is 1. The molecule has 0 saturated heterocycles. The highest BCUT2D eigenvalue weighted by molar-refractivity contribution is 7.29. The molecule has 0 radical (unpaired) electrons. The number of unbranched alkanes of at least 4 members (excludes halogenated alkanes) is 1. The van der Waals surface area contributed by atoms with E-state index in [-0.39, 0.29) is 17.4 Å². The number of Topliss-reactive ketones (excluding diaryl/α,β-unsaturated/α-hetero) is 1. The molecule has 0 saturated carbocycles. The summed E-state index contributed by atoms with van der Waals surface area (Å²) in [5.41, 5.74) is 9.34. The van der Waals surface area contributed by atoms with E-state index >= 15 is 0 Å². The number of ketones is 1. The van der Waals surface area contributed by atoms with Crippen molar-refractivity contribution >= 4 is 53.6 Å². The maximum absolute atomic E-state index is 10.8. The number of carbonyl (C=O) groups excluding carboxylic acids is 1. The predicted molar refractivity (Wildman–Crippen MR) is 164 cm³/mol. The number of aromatic nitrogens is 1. The molecule has 1 aliphatic rings. The number of benzene rings is 1. The maximum Gasteiger partial charge on any atom is 0.269 e. The standard InChI is InChI=1S/C20H21N4O2PS.C9H16O/c1-2-6-13-7-4-3-5-8-16(13)17(27)18-19(21)23-20(28-18)22-14-9-11-15(12-10-14)24(25)26;1-4-5-6-7-8(2)9(3)10/h3-4,7-12,27H,2,5-6,21H2,1H3,(H,22,23);6-8H,4-5H2,1-3H3/b;7-6-. The fourth-order valence-electron chi connectivity index (χ4n) is 3.50. The molecule has 0 fully saturated rings. The molecule has 7 nitrogen and oxygen atoms in total. The van der Waals surface area contributed by atoms with Gasteiger partial charge in [-0.25, -0.2) is 4.98 Å². The van der Waals surface area contributed by atoms with Gasteiger partial charge in [-0.05, 0) is 49.5 Å². The lowest BCUT2D eigenvalue weighted by atomic mass is 9.97. The molecule has 38 heavy (non-hydrogen) atoms. The molecule has 202 valence electrons. The molecule has 1 atom stereocenters. The van der Waals surface area contributed by atoms with Crippen molar-refractivity contribution in [3.8, 4) is 0 Å². The van der Waals surface area contributed by atoms with Crippen LogP contribution in [0.4, 0.5) is 22.3 Å². The number of nitro benzene ring substituents is 1. The topological polar surface area (TPSA) is 111 Å². The van der Waals surface area contributed by atoms with E-state index in [1.54, 1.807) is 19.1 Å². The zero-order chi connectivity index (χ0) is 28.1. The van der Waals surface area contributed by atoms with Gasteiger partial charge in [-0.15, -0.1) is 8.86 Å². The van der Waals surface area contributed by atoms with E-state index in [9.17, 15) is 14.9 Å². The molecule has 0 amide bonds. The summed E-state index contributed by atoms with van der Waals surface area (Å²) < 4.78 is 0. The van der Waals surface area contributed by atoms with Crippen LogP contribution in [0.25, 0.3) is 0 Å². The van der Waals surface area contributed by atoms with Crippen molar-refractivity contribution in [2.45, 2.75) is 59.8 Å². The Balaban J connectivity index is 0.000000432. The molecule has 3 rings (SSSR count).